The van der Waals surface area contributed by atoms with Crippen LogP contribution >= 0.6 is 0 Å². The smallest absolute Gasteiger partial charge is 0.340 e. The highest BCUT2D eigenvalue weighted by molar-refractivity contribution is 6.04. The predicted molar refractivity (Wildman–Crippen MR) is 62.6 cm³/mol. The number of fused-ring (bicyclic) bond motifs is 1. The van der Waals surface area contributed by atoms with Crippen molar-refractivity contribution < 1.29 is 14.3 Å². The molecule has 0 fully saturated rings. The quantitative estimate of drug-likeness (QED) is 0.456. The summed E-state index contributed by atoms with van der Waals surface area (Å²) in [5.41, 5.74) is 1.95. The first kappa shape index (κ1) is 11.0. The molecular formula is C13H9NO3. The van der Waals surface area contributed by atoms with Crippen LogP contribution in [-0.2, 0) is 9.53 Å². The van der Waals surface area contributed by atoms with Crippen LogP contribution in [0, 0.1) is 11.8 Å². The summed E-state index contributed by atoms with van der Waals surface area (Å²) in [6, 6.07) is 5.32. The van der Waals surface area contributed by atoms with Crippen LogP contribution in [0.1, 0.15) is 15.9 Å². The summed E-state index contributed by atoms with van der Waals surface area (Å²) >= 11 is 0. The number of hydrogen-bond donors (Lipinski definition) is 1. The Morgan fingerprint density at radius 1 is 1.47 bits per heavy atom. The summed E-state index contributed by atoms with van der Waals surface area (Å²) in [5.74, 6) is 4.60. The molecule has 0 atom stereocenters. The third-order valence-corrected chi connectivity index (χ3v) is 2.36. The van der Waals surface area contributed by atoms with Crippen molar-refractivity contribution >= 4 is 23.2 Å². The van der Waals surface area contributed by atoms with Gasteiger partial charge < -0.3 is 9.72 Å². The maximum absolute atomic E-state index is 11.5. The van der Waals surface area contributed by atoms with Gasteiger partial charge in [0.2, 0.25) is 0 Å². The van der Waals surface area contributed by atoms with Crippen molar-refractivity contribution in [3.05, 3.63) is 35.5 Å². The zero-order valence-corrected chi connectivity index (χ0v) is 9.11. The van der Waals surface area contributed by atoms with Crippen LogP contribution in [0.25, 0.3) is 10.9 Å². The van der Waals surface area contributed by atoms with Crippen LogP contribution in [0.5, 0.6) is 0 Å². The standard InChI is InChI=1S/C13H9NO3/c1-17-13(16)11-8-14-12-5-4-9(3-2-6-15)7-10(11)12/h4-8,14H,1H3. The maximum Gasteiger partial charge on any atom is 0.340 e. The van der Waals surface area contributed by atoms with Gasteiger partial charge in [0.1, 0.15) is 0 Å². The second-order valence-electron chi connectivity index (χ2n) is 3.34. The van der Waals surface area contributed by atoms with E-state index in [1.165, 1.54) is 7.11 Å². The fourth-order valence-corrected chi connectivity index (χ4v) is 1.59. The Morgan fingerprint density at radius 2 is 2.29 bits per heavy atom. The van der Waals surface area contributed by atoms with Gasteiger partial charge in [0.15, 0.2) is 6.29 Å². The minimum Gasteiger partial charge on any atom is -0.465 e. The molecule has 17 heavy (non-hydrogen) atoms. The van der Waals surface area contributed by atoms with E-state index in [1.807, 2.05) is 0 Å². The van der Waals surface area contributed by atoms with Crippen LogP contribution in [0.2, 0.25) is 0 Å². The lowest BCUT2D eigenvalue weighted by atomic mass is 10.1. The number of esters is 1. The van der Waals surface area contributed by atoms with E-state index in [4.69, 9.17) is 0 Å². The number of hydrogen-bond acceptors (Lipinski definition) is 3. The highest BCUT2D eigenvalue weighted by atomic mass is 16.5. The number of aromatic amines is 1. The number of ether oxygens (including phenoxy) is 1. The number of H-pyrrole nitrogens is 1. The third kappa shape index (κ3) is 2.04. The Morgan fingerprint density at radius 3 is 3.00 bits per heavy atom. The molecule has 1 N–H and O–H groups in total. The normalized spacial score (nSPS) is 9.47. The van der Waals surface area contributed by atoms with Gasteiger partial charge in [-0.05, 0) is 24.1 Å². The molecule has 4 heteroatoms. The molecule has 4 nitrogen and oxygen atoms in total. The van der Waals surface area contributed by atoms with Gasteiger partial charge >= 0.3 is 5.97 Å². The number of nitrogens with one attached hydrogen (secondary N) is 1. The molecule has 0 unspecified atom stereocenters. The molecule has 84 valence electrons. The van der Waals surface area contributed by atoms with Gasteiger partial charge in [-0.25, -0.2) is 4.79 Å². The van der Waals surface area contributed by atoms with Crippen molar-refractivity contribution in [1.29, 1.82) is 0 Å². The summed E-state index contributed by atoms with van der Waals surface area (Å²) in [7, 11) is 1.33. The minimum atomic E-state index is -0.406. The van der Waals surface area contributed by atoms with Crippen LogP contribution in [-0.4, -0.2) is 24.3 Å². The molecule has 0 aliphatic rings. The van der Waals surface area contributed by atoms with E-state index in [-0.39, 0.29) is 0 Å². The van der Waals surface area contributed by atoms with Gasteiger partial charge in [0.25, 0.3) is 0 Å². The Labute approximate surface area is 97.6 Å². The van der Waals surface area contributed by atoms with E-state index in [1.54, 1.807) is 24.4 Å². The molecular weight excluding hydrogens is 218 g/mol. The summed E-state index contributed by atoms with van der Waals surface area (Å²) in [4.78, 5) is 24.6. The number of methoxy groups -OCH3 is 1. The van der Waals surface area contributed by atoms with E-state index in [0.717, 1.165) is 10.9 Å². The lowest BCUT2D eigenvalue weighted by Crippen LogP contribution is -1.99. The van der Waals surface area contributed by atoms with Crippen LogP contribution in [0.15, 0.2) is 24.4 Å². The van der Waals surface area contributed by atoms with E-state index in [0.29, 0.717) is 17.4 Å². The molecule has 2 aromatic rings. The van der Waals surface area contributed by atoms with Crippen molar-refractivity contribution in [3.63, 3.8) is 0 Å². The average molecular weight is 227 g/mol. The summed E-state index contributed by atoms with van der Waals surface area (Å²) in [5, 5.41) is 0.731. The maximum atomic E-state index is 11.5. The average Bonchev–Trinajstić information content (AvgIpc) is 2.78. The first-order valence-corrected chi connectivity index (χ1v) is 4.91. The number of aldehydes is 1. The molecule has 0 radical (unpaired) electrons. The van der Waals surface area contributed by atoms with Gasteiger partial charge in [-0.1, -0.05) is 5.92 Å². The number of carbonyl (C=O) groups excluding carboxylic acids is 2. The molecule has 1 aromatic heterocycles. The lowest BCUT2D eigenvalue weighted by molar-refractivity contribution is -0.103. The van der Waals surface area contributed by atoms with E-state index >= 15 is 0 Å². The number of aromatic nitrogens is 1. The van der Waals surface area contributed by atoms with Crippen molar-refractivity contribution in [3.8, 4) is 11.8 Å². The fourth-order valence-electron chi connectivity index (χ4n) is 1.59. The Bertz CT molecular complexity index is 643. The Kier molecular flexibility index (Phi) is 2.93. The topological polar surface area (TPSA) is 59.2 Å². The first-order valence-electron chi connectivity index (χ1n) is 4.91. The monoisotopic (exact) mass is 227 g/mol. The van der Waals surface area contributed by atoms with Gasteiger partial charge in [-0.3, -0.25) is 4.79 Å². The van der Waals surface area contributed by atoms with Gasteiger partial charge in [0, 0.05) is 22.7 Å². The minimum absolute atomic E-state index is 0.406. The third-order valence-electron chi connectivity index (χ3n) is 2.36. The zero-order chi connectivity index (χ0) is 12.3. The second-order valence-corrected chi connectivity index (χ2v) is 3.34. The Balaban J connectivity index is 2.57. The fraction of sp³-hybridized carbons (Fsp3) is 0.0769. The van der Waals surface area contributed by atoms with Crippen LogP contribution in [0.4, 0.5) is 0 Å². The van der Waals surface area contributed by atoms with Gasteiger partial charge in [-0.15, -0.1) is 0 Å². The highest BCUT2D eigenvalue weighted by Gasteiger charge is 2.11. The first-order chi connectivity index (χ1) is 8.26. The van der Waals surface area contributed by atoms with Crippen molar-refractivity contribution in [2.75, 3.05) is 7.11 Å². The molecule has 0 saturated heterocycles. The van der Waals surface area contributed by atoms with Crippen LogP contribution < -0.4 is 0 Å². The molecule has 0 aliphatic heterocycles. The van der Waals surface area contributed by atoms with Crippen molar-refractivity contribution in [1.82, 2.24) is 4.98 Å². The molecule has 0 saturated carbocycles. The molecule has 1 heterocycles. The molecule has 2 rings (SSSR count). The summed E-state index contributed by atoms with van der Waals surface area (Å²) in [6.07, 6.45) is 2.12. The second kappa shape index (κ2) is 4.54. The SMILES string of the molecule is COC(=O)c1c[nH]c2ccc(C#CC=O)cc12. The molecule has 1 aromatic carbocycles. The van der Waals surface area contributed by atoms with Crippen LogP contribution in [0.3, 0.4) is 0 Å². The number of carbonyl (C=O) groups is 2. The van der Waals surface area contributed by atoms with Gasteiger partial charge in [-0.2, -0.15) is 0 Å². The summed E-state index contributed by atoms with van der Waals surface area (Å²) in [6.45, 7) is 0. The van der Waals surface area contributed by atoms with Crippen molar-refractivity contribution in [2.24, 2.45) is 0 Å². The predicted octanol–water partition coefficient (Wildman–Crippen LogP) is 1.50. The lowest BCUT2D eigenvalue weighted by Gasteiger charge is -1.97. The van der Waals surface area contributed by atoms with Crippen molar-refractivity contribution in [2.45, 2.75) is 0 Å². The highest BCUT2D eigenvalue weighted by Crippen LogP contribution is 2.20. The summed E-state index contributed by atoms with van der Waals surface area (Å²) < 4.78 is 4.67. The molecule has 0 spiro atoms. The number of benzene rings is 1. The molecule has 0 bridgehead atoms. The largest absolute Gasteiger partial charge is 0.465 e. The Hall–Kier alpha value is -2.54. The van der Waals surface area contributed by atoms with Gasteiger partial charge in [0.05, 0.1) is 12.7 Å². The molecule has 0 aliphatic carbocycles. The van der Waals surface area contributed by atoms with E-state index in [9.17, 15) is 9.59 Å². The molecule has 0 amide bonds. The van der Waals surface area contributed by atoms with E-state index < -0.39 is 5.97 Å². The number of rotatable bonds is 1. The van der Waals surface area contributed by atoms with E-state index in [2.05, 4.69) is 21.6 Å². The zero-order valence-electron chi connectivity index (χ0n) is 9.11.